The van der Waals surface area contributed by atoms with E-state index in [1.165, 1.54) is 5.56 Å². The lowest BCUT2D eigenvalue weighted by atomic mass is 10.1. The van der Waals surface area contributed by atoms with Gasteiger partial charge in [0.15, 0.2) is 5.82 Å². The third-order valence-corrected chi connectivity index (χ3v) is 3.55. The van der Waals surface area contributed by atoms with Gasteiger partial charge in [-0.05, 0) is 28.9 Å². The number of hydrogen-bond donors (Lipinski definition) is 1. The highest BCUT2D eigenvalue weighted by Gasteiger charge is 2.12. The van der Waals surface area contributed by atoms with Gasteiger partial charge in [-0.25, -0.2) is 9.97 Å². The first-order valence-electron chi connectivity index (χ1n) is 5.96. The van der Waals surface area contributed by atoms with E-state index in [0.717, 1.165) is 21.5 Å². The van der Waals surface area contributed by atoms with Crippen molar-refractivity contribution in [3.63, 3.8) is 0 Å². The van der Waals surface area contributed by atoms with Crippen LogP contribution < -0.4 is 5.32 Å². The van der Waals surface area contributed by atoms with Crippen LogP contribution in [0.4, 0.5) is 5.82 Å². The van der Waals surface area contributed by atoms with Crippen molar-refractivity contribution in [2.75, 3.05) is 19.5 Å². The monoisotopic (exact) mass is 321 g/mol. The molecule has 1 aromatic carbocycles. The minimum absolute atomic E-state index is 0.441. The predicted octanol–water partition coefficient (Wildman–Crippen LogP) is 3.40. The Morgan fingerprint density at radius 3 is 2.74 bits per heavy atom. The Morgan fingerprint density at radius 1 is 1.32 bits per heavy atom. The Balaban J connectivity index is 2.54. The fraction of sp³-hybridized carbons (Fsp3) is 0.286. The van der Waals surface area contributed by atoms with Crippen LogP contribution in [0.3, 0.4) is 0 Å². The molecule has 0 atom stereocenters. The third-order valence-electron chi connectivity index (χ3n) is 2.71. The lowest BCUT2D eigenvalue weighted by Gasteiger charge is -2.11. The van der Waals surface area contributed by atoms with Gasteiger partial charge in [-0.15, -0.1) is 0 Å². The van der Waals surface area contributed by atoms with Crippen LogP contribution in [0.2, 0.25) is 0 Å². The summed E-state index contributed by atoms with van der Waals surface area (Å²) in [5.41, 5.74) is 3.02. The van der Waals surface area contributed by atoms with Gasteiger partial charge in [0, 0.05) is 19.7 Å². The van der Waals surface area contributed by atoms with Gasteiger partial charge >= 0.3 is 0 Å². The molecule has 5 heteroatoms. The molecule has 0 aliphatic carbocycles. The summed E-state index contributed by atoms with van der Waals surface area (Å²) in [6.07, 6.45) is 0. The molecule has 1 aromatic heterocycles. The predicted molar refractivity (Wildman–Crippen MR) is 80.2 cm³/mol. The number of aromatic nitrogens is 2. The van der Waals surface area contributed by atoms with Crippen molar-refractivity contribution in [1.29, 1.82) is 0 Å². The van der Waals surface area contributed by atoms with E-state index >= 15 is 0 Å². The fourth-order valence-electron chi connectivity index (χ4n) is 1.80. The quantitative estimate of drug-likeness (QED) is 0.937. The molecule has 2 aromatic rings. The molecule has 0 radical (unpaired) electrons. The molecule has 2 rings (SSSR count). The van der Waals surface area contributed by atoms with Gasteiger partial charge in [0.1, 0.15) is 5.82 Å². The molecule has 1 N–H and O–H groups in total. The van der Waals surface area contributed by atoms with Crippen LogP contribution >= 0.6 is 15.9 Å². The van der Waals surface area contributed by atoms with Crippen molar-refractivity contribution in [1.82, 2.24) is 9.97 Å². The SMILES string of the molecule is CNc1nc(-c2cccc(C)c2)nc(COC)c1Br. The summed E-state index contributed by atoms with van der Waals surface area (Å²) in [5.74, 6) is 1.46. The van der Waals surface area contributed by atoms with Crippen molar-refractivity contribution in [2.45, 2.75) is 13.5 Å². The number of anilines is 1. The van der Waals surface area contributed by atoms with E-state index in [1.807, 2.05) is 19.2 Å². The molecule has 0 amide bonds. The number of hydrogen-bond acceptors (Lipinski definition) is 4. The second kappa shape index (κ2) is 6.12. The van der Waals surface area contributed by atoms with Crippen molar-refractivity contribution in [3.05, 3.63) is 40.0 Å². The first-order valence-corrected chi connectivity index (χ1v) is 6.75. The smallest absolute Gasteiger partial charge is 0.161 e. The van der Waals surface area contributed by atoms with Crippen LogP contribution in [0.15, 0.2) is 28.7 Å². The van der Waals surface area contributed by atoms with E-state index in [0.29, 0.717) is 12.4 Å². The van der Waals surface area contributed by atoms with Gasteiger partial charge in [-0.3, -0.25) is 0 Å². The number of methoxy groups -OCH3 is 1. The summed E-state index contributed by atoms with van der Waals surface area (Å²) < 4.78 is 6.02. The van der Waals surface area contributed by atoms with Gasteiger partial charge in [0.25, 0.3) is 0 Å². The summed E-state index contributed by atoms with van der Waals surface area (Å²) in [5, 5.41) is 3.07. The standard InChI is InChI=1S/C14H16BrN3O/c1-9-5-4-6-10(7-9)13-17-11(8-19-3)12(15)14(16-2)18-13/h4-7H,8H2,1-3H3,(H,16,17,18). The largest absolute Gasteiger partial charge is 0.378 e. The van der Waals surface area contributed by atoms with Crippen LogP contribution in [0.1, 0.15) is 11.3 Å². The molecular weight excluding hydrogens is 306 g/mol. The molecule has 19 heavy (non-hydrogen) atoms. The highest BCUT2D eigenvalue weighted by atomic mass is 79.9. The molecule has 4 nitrogen and oxygen atoms in total. The molecule has 100 valence electrons. The van der Waals surface area contributed by atoms with E-state index in [2.05, 4.69) is 50.3 Å². The van der Waals surface area contributed by atoms with Crippen LogP contribution in [0.5, 0.6) is 0 Å². The van der Waals surface area contributed by atoms with E-state index in [1.54, 1.807) is 7.11 Å². The topological polar surface area (TPSA) is 47.0 Å². The highest BCUT2D eigenvalue weighted by molar-refractivity contribution is 9.10. The Hall–Kier alpha value is -1.46. The molecule has 1 heterocycles. The number of nitrogens with zero attached hydrogens (tertiary/aromatic N) is 2. The normalized spacial score (nSPS) is 10.5. The maximum Gasteiger partial charge on any atom is 0.161 e. The minimum Gasteiger partial charge on any atom is -0.378 e. The Kier molecular flexibility index (Phi) is 4.50. The summed E-state index contributed by atoms with van der Waals surface area (Å²) >= 11 is 3.50. The van der Waals surface area contributed by atoms with Gasteiger partial charge in [0.05, 0.1) is 16.8 Å². The van der Waals surface area contributed by atoms with E-state index < -0.39 is 0 Å². The molecule has 0 spiro atoms. The second-order valence-corrected chi connectivity index (χ2v) is 5.00. The van der Waals surface area contributed by atoms with Crippen molar-refractivity contribution in [2.24, 2.45) is 0 Å². The maximum atomic E-state index is 5.17. The summed E-state index contributed by atoms with van der Waals surface area (Å²) in [6, 6.07) is 8.13. The average molecular weight is 322 g/mol. The van der Waals surface area contributed by atoms with Crippen molar-refractivity contribution in [3.8, 4) is 11.4 Å². The number of rotatable bonds is 4. The Labute approximate surface area is 121 Å². The van der Waals surface area contributed by atoms with Crippen LogP contribution in [-0.2, 0) is 11.3 Å². The number of ether oxygens (including phenoxy) is 1. The van der Waals surface area contributed by atoms with Gasteiger partial charge in [-0.2, -0.15) is 0 Å². The van der Waals surface area contributed by atoms with Crippen molar-refractivity contribution >= 4 is 21.7 Å². The highest BCUT2D eigenvalue weighted by Crippen LogP contribution is 2.27. The molecule has 0 fully saturated rings. The van der Waals surface area contributed by atoms with Gasteiger partial charge in [0.2, 0.25) is 0 Å². The zero-order valence-corrected chi connectivity index (χ0v) is 12.8. The lowest BCUT2D eigenvalue weighted by Crippen LogP contribution is -2.04. The fourth-order valence-corrected chi connectivity index (χ4v) is 2.29. The first-order chi connectivity index (χ1) is 9.15. The number of aryl methyl sites for hydroxylation is 1. The average Bonchev–Trinajstić information content (AvgIpc) is 2.41. The number of benzene rings is 1. The summed E-state index contributed by atoms with van der Waals surface area (Å²) in [6.45, 7) is 2.49. The zero-order chi connectivity index (χ0) is 13.8. The van der Waals surface area contributed by atoms with Crippen LogP contribution in [-0.4, -0.2) is 24.1 Å². The third kappa shape index (κ3) is 3.11. The molecule has 0 aliphatic heterocycles. The van der Waals surface area contributed by atoms with Crippen molar-refractivity contribution < 1.29 is 4.74 Å². The van der Waals surface area contributed by atoms with Crippen LogP contribution in [0.25, 0.3) is 11.4 Å². The molecular formula is C14H16BrN3O. The summed E-state index contributed by atoms with van der Waals surface area (Å²) in [7, 11) is 3.49. The van der Waals surface area contributed by atoms with Gasteiger partial charge in [-0.1, -0.05) is 23.8 Å². The number of halogens is 1. The maximum absolute atomic E-state index is 5.17. The molecule has 0 saturated carbocycles. The Morgan fingerprint density at radius 2 is 2.11 bits per heavy atom. The van der Waals surface area contributed by atoms with E-state index in [4.69, 9.17) is 4.74 Å². The second-order valence-electron chi connectivity index (χ2n) is 4.21. The molecule has 0 bridgehead atoms. The van der Waals surface area contributed by atoms with E-state index in [-0.39, 0.29) is 0 Å². The first kappa shape index (κ1) is 14.0. The van der Waals surface area contributed by atoms with Gasteiger partial charge < -0.3 is 10.1 Å². The minimum atomic E-state index is 0.441. The zero-order valence-electron chi connectivity index (χ0n) is 11.2. The Bertz CT molecular complexity index is 587. The molecule has 0 unspecified atom stereocenters. The van der Waals surface area contributed by atoms with E-state index in [9.17, 15) is 0 Å². The number of nitrogens with one attached hydrogen (secondary N) is 1. The lowest BCUT2D eigenvalue weighted by molar-refractivity contribution is 0.181. The molecule has 0 saturated heterocycles. The molecule has 0 aliphatic rings. The summed E-state index contributed by atoms with van der Waals surface area (Å²) in [4.78, 5) is 9.08. The van der Waals surface area contributed by atoms with Crippen LogP contribution in [0, 0.1) is 6.92 Å².